The van der Waals surface area contributed by atoms with Crippen LogP contribution in [0.4, 0.5) is 5.69 Å². The number of furan rings is 1. The van der Waals surface area contributed by atoms with Gasteiger partial charge in [-0.25, -0.2) is 9.78 Å². The summed E-state index contributed by atoms with van der Waals surface area (Å²) in [4.78, 5) is 28.9. The number of fused-ring (bicyclic) bond motifs is 1. The predicted octanol–water partition coefficient (Wildman–Crippen LogP) is 5.89. The van der Waals surface area contributed by atoms with Gasteiger partial charge in [-0.15, -0.1) is 0 Å². The molecule has 0 aliphatic heterocycles. The zero-order valence-corrected chi connectivity index (χ0v) is 18.6. The Labute approximate surface area is 199 Å². The molecule has 8 heteroatoms. The van der Waals surface area contributed by atoms with Gasteiger partial charge in [0.2, 0.25) is 5.89 Å². The van der Waals surface area contributed by atoms with E-state index < -0.39 is 11.9 Å². The van der Waals surface area contributed by atoms with Crippen molar-refractivity contribution in [1.29, 1.82) is 0 Å². The molecule has 0 saturated heterocycles. The highest BCUT2D eigenvalue weighted by atomic mass is 16.5. The SMILES string of the molecule is CCOC(=O)c1ccc(-c2ccc(C(=O)Nc3ccc(-c4nc5ccccc5o4)c(O)c3)o2)cc1. The fourth-order valence-electron chi connectivity index (χ4n) is 3.57. The number of amides is 1. The third kappa shape index (κ3) is 4.49. The number of rotatable bonds is 6. The largest absolute Gasteiger partial charge is 0.507 e. The summed E-state index contributed by atoms with van der Waals surface area (Å²) in [5.41, 5.74) is 3.22. The quantitative estimate of drug-likeness (QED) is 0.299. The van der Waals surface area contributed by atoms with E-state index in [1.165, 1.54) is 6.07 Å². The average molecular weight is 468 g/mol. The molecule has 0 unspecified atom stereocenters. The normalized spacial score (nSPS) is 10.9. The number of benzene rings is 3. The van der Waals surface area contributed by atoms with Crippen LogP contribution >= 0.6 is 0 Å². The van der Waals surface area contributed by atoms with Crippen LogP contribution in [-0.4, -0.2) is 28.6 Å². The minimum atomic E-state index is -0.478. The summed E-state index contributed by atoms with van der Waals surface area (Å²) >= 11 is 0. The van der Waals surface area contributed by atoms with Gasteiger partial charge < -0.3 is 24.0 Å². The third-order valence-corrected chi connectivity index (χ3v) is 5.29. The summed E-state index contributed by atoms with van der Waals surface area (Å²) in [7, 11) is 0. The maximum absolute atomic E-state index is 12.7. The van der Waals surface area contributed by atoms with Crippen molar-refractivity contribution in [2.24, 2.45) is 0 Å². The zero-order chi connectivity index (χ0) is 24.4. The molecule has 3 aromatic carbocycles. The van der Waals surface area contributed by atoms with Crippen molar-refractivity contribution in [2.45, 2.75) is 6.92 Å². The number of aromatic hydroxyl groups is 1. The molecule has 2 heterocycles. The summed E-state index contributed by atoms with van der Waals surface area (Å²) in [5.74, 6) is -0.114. The number of anilines is 1. The Morgan fingerprint density at radius 3 is 2.51 bits per heavy atom. The van der Waals surface area contributed by atoms with E-state index in [9.17, 15) is 14.7 Å². The second-order valence-electron chi connectivity index (χ2n) is 7.63. The van der Waals surface area contributed by atoms with Crippen molar-refractivity contribution in [1.82, 2.24) is 4.98 Å². The van der Waals surface area contributed by atoms with Crippen LogP contribution in [0.1, 0.15) is 27.8 Å². The van der Waals surface area contributed by atoms with Crippen molar-refractivity contribution in [3.63, 3.8) is 0 Å². The number of nitrogens with one attached hydrogen (secondary N) is 1. The van der Waals surface area contributed by atoms with E-state index in [2.05, 4.69) is 10.3 Å². The molecule has 0 atom stereocenters. The number of ether oxygens (including phenoxy) is 1. The molecule has 0 bridgehead atoms. The topological polar surface area (TPSA) is 115 Å². The molecule has 8 nitrogen and oxygen atoms in total. The van der Waals surface area contributed by atoms with Gasteiger partial charge in [0.05, 0.1) is 17.7 Å². The van der Waals surface area contributed by atoms with Crippen LogP contribution in [0.15, 0.2) is 87.7 Å². The number of oxazole rings is 1. The molecule has 2 aromatic heterocycles. The molecule has 0 spiro atoms. The number of aromatic nitrogens is 1. The van der Waals surface area contributed by atoms with Gasteiger partial charge in [-0.1, -0.05) is 24.3 Å². The van der Waals surface area contributed by atoms with Crippen LogP contribution in [0.25, 0.3) is 33.9 Å². The molecule has 1 amide bonds. The number of hydrogen-bond donors (Lipinski definition) is 2. The number of carbonyl (C=O) groups excluding carboxylic acids is 2. The van der Waals surface area contributed by atoms with Gasteiger partial charge >= 0.3 is 5.97 Å². The van der Waals surface area contributed by atoms with E-state index in [0.29, 0.717) is 45.8 Å². The first-order chi connectivity index (χ1) is 17.0. The molecule has 0 radical (unpaired) electrons. The lowest BCUT2D eigenvalue weighted by Crippen LogP contribution is -2.10. The first kappa shape index (κ1) is 22.0. The summed E-state index contributed by atoms with van der Waals surface area (Å²) in [6, 6.07) is 21.9. The second-order valence-corrected chi connectivity index (χ2v) is 7.63. The smallest absolute Gasteiger partial charge is 0.338 e. The number of carbonyl (C=O) groups is 2. The number of nitrogens with zero attached hydrogens (tertiary/aromatic N) is 1. The number of esters is 1. The van der Waals surface area contributed by atoms with Gasteiger partial charge in [0.15, 0.2) is 11.3 Å². The lowest BCUT2D eigenvalue weighted by Gasteiger charge is -2.06. The summed E-state index contributed by atoms with van der Waals surface area (Å²) in [5, 5.41) is 13.2. The molecule has 0 saturated carbocycles. The first-order valence-electron chi connectivity index (χ1n) is 10.9. The minimum Gasteiger partial charge on any atom is -0.507 e. The van der Waals surface area contributed by atoms with Crippen LogP contribution in [0.3, 0.4) is 0 Å². The van der Waals surface area contributed by atoms with Gasteiger partial charge in [0, 0.05) is 17.3 Å². The highest BCUT2D eigenvalue weighted by molar-refractivity contribution is 6.03. The fraction of sp³-hybridized carbons (Fsp3) is 0.0741. The molecular formula is C27H20N2O6. The molecule has 0 fully saturated rings. The minimum absolute atomic E-state index is 0.0869. The van der Waals surface area contributed by atoms with Gasteiger partial charge in [-0.2, -0.15) is 0 Å². The Hall–Kier alpha value is -4.85. The Bertz CT molecular complexity index is 1500. The summed E-state index contributed by atoms with van der Waals surface area (Å²) in [6.45, 7) is 2.05. The van der Waals surface area contributed by atoms with Gasteiger partial charge in [0.1, 0.15) is 17.0 Å². The Balaban J connectivity index is 1.29. The molecule has 0 aliphatic carbocycles. The lowest BCUT2D eigenvalue weighted by atomic mass is 10.1. The molecular weight excluding hydrogens is 448 g/mol. The highest BCUT2D eigenvalue weighted by Gasteiger charge is 2.16. The standard InChI is InChI=1S/C27H20N2O6/c1-2-33-27(32)17-9-7-16(8-10-17)22-13-14-24(34-22)25(31)28-18-11-12-19(21(30)15-18)26-29-20-5-3-4-6-23(20)35-26/h3-15,30H,2H2,1H3,(H,28,31). The Morgan fingerprint density at radius 2 is 1.77 bits per heavy atom. The zero-order valence-electron chi connectivity index (χ0n) is 18.6. The third-order valence-electron chi connectivity index (χ3n) is 5.29. The lowest BCUT2D eigenvalue weighted by molar-refractivity contribution is 0.0526. The van der Waals surface area contributed by atoms with E-state index in [4.69, 9.17) is 13.6 Å². The van der Waals surface area contributed by atoms with Crippen molar-refractivity contribution in [3.8, 4) is 28.5 Å². The molecule has 174 valence electrons. The van der Waals surface area contributed by atoms with E-state index >= 15 is 0 Å². The first-order valence-corrected chi connectivity index (χ1v) is 10.9. The van der Waals surface area contributed by atoms with Crippen molar-refractivity contribution in [3.05, 3.63) is 90.2 Å². The Kier molecular flexibility index (Phi) is 5.76. The van der Waals surface area contributed by atoms with E-state index in [1.807, 2.05) is 18.2 Å². The number of para-hydroxylation sites is 2. The monoisotopic (exact) mass is 468 g/mol. The maximum atomic E-state index is 12.7. The molecule has 35 heavy (non-hydrogen) atoms. The number of phenols is 1. The maximum Gasteiger partial charge on any atom is 0.338 e. The number of hydrogen-bond acceptors (Lipinski definition) is 7. The van der Waals surface area contributed by atoms with Crippen molar-refractivity contribution < 1.29 is 28.3 Å². The van der Waals surface area contributed by atoms with E-state index in [-0.39, 0.29) is 17.4 Å². The van der Waals surface area contributed by atoms with Crippen LogP contribution in [0, 0.1) is 0 Å². The summed E-state index contributed by atoms with van der Waals surface area (Å²) < 4.78 is 16.4. The molecule has 5 aromatic rings. The Morgan fingerprint density at radius 1 is 0.971 bits per heavy atom. The van der Waals surface area contributed by atoms with Crippen LogP contribution in [0.5, 0.6) is 5.75 Å². The molecule has 2 N–H and O–H groups in total. The van der Waals surface area contributed by atoms with Crippen LogP contribution < -0.4 is 5.32 Å². The molecule has 0 aliphatic rings. The highest BCUT2D eigenvalue weighted by Crippen LogP contribution is 2.33. The second kappa shape index (κ2) is 9.18. The van der Waals surface area contributed by atoms with Gasteiger partial charge in [-0.05, 0) is 55.5 Å². The number of phenolic OH excluding ortho intramolecular Hbond substituents is 1. The van der Waals surface area contributed by atoms with Gasteiger partial charge in [-0.3, -0.25) is 4.79 Å². The van der Waals surface area contributed by atoms with Crippen molar-refractivity contribution in [2.75, 3.05) is 11.9 Å². The van der Waals surface area contributed by atoms with Crippen molar-refractivity contribution >= 4 is 28.7 Å². The van der Waals surface area contributed by atoms with Crippen LogP contribution in [-0.2, 0) is 4.74 Å². The van der Waals surface area contributed by atoms with Gasteiger partial charge in [0.25, 0.3) is 5.91 Å². The van der Waals surface area contributed by atoms with Crippen LogP contribution in [0.2, 0.25) is 0 Å². The summed E-state index contributed by atoms with van der Waals surface area (Å²) in [6.07, 6.45) is 0. The fourth-order valence-corrected chi connectivity index (χ4v) is 3.57. The van der Waals surface area contributed by atoms with E-state index in [1.54, 1.807) is 61.5 Å². The average Bonchev–Trinajstić information content (AvgIpc) is 3.52. The predicted molar refractivity (Wildman–Crippen MR) is 129 cm³/mol. The van der Waals surface area contributed by atoms with E-state index in [0.717, 1.165) is 0 Å². The molecule has 5 rings (SSSR count).